The van der Waals surface area contributed by atoms with Gasteiger partial charge in [-0.15, -0.1) is 0 Å². The van der Waals surface area contributed by atoms with Crippen LogP contribution < -0.4 is 5.59 Å². The van der Waals surface area contributed by atoms with Crippen molar-refractivity contribution in [1.29, 1.82) is 0 Å². The summed E-state index contributed by atoms with van der Waals surface area (Å²) >= 11 is 0. The van der Waals surface area contributed by atoms with Gasteiger partial charge in [-0.25, -0.2) is 0 Å². The van der Waals surface area contributed by atoms with Crippen LogP contribution in [0.4, 0.5) is 0 Å². The minimum Gasteiger partial charge on any atom is -0.425 e. The summed E-state index contributed by atoms with van der Waals surface area (Å²) in [4.78, 5) is 3.38. The Kier molecular flexibility index (Phi) is 3.50. The summed E-state index contributed by atoms with van der Waals surface area (Å²) in [6.07, 6.45) is 0. The second-order valence-electron chi connectivity index (χ2n) is 6.13. The maximum atomic E-state index is 10.1. The van der Waals surface area contributed by atoms with E-state index < -0.39 is 11.2 Å². The molecule has 4 heteroatoms. The van der Waals surface area contributed by atoms with Gasteiger partial charge in [0.15, 0.2) is 0 Å². The van der Waals surface area contributed by atoms with E-state index in [4.69, 9.17) is 4.65 Å². The van der Waals surface area contributed by atoms with Gasteiger partial charge in [0.2, 0.25) is 0 Å². The van der Waals surface area contributed by atoms with Crippen LogP contribution in [0.1, 0.15) is 33.3 Å². The minimum absolute atomic E-state index is 0.470. The maximum Gasteiger partial charge on any atom is 0.326 e. The van der Waals surface area contributed by atoms with Gasteiger partial charge in [0.1, 0.15) is 0 Å². The fourth-order valence-electron chi connectivity index (χ4n) is 1.91. The van der Waals surface area contributed by atoms with Gasteiger partial charge in [0.25, 0.3) is 0 Å². The Hall–Kier alpha value is -1.26. The van der Waals surface area contributed by atoms with Crippen LogP contribution in [-0.4, -0.2) is 28.8 Å². The largest absolute Gasteiger partial charge is 0.425 e. The van der Waals surface area contributed by atoms with E-state index >= 15 is 0 Å². The molecule has 3 nitrogen and oxygen atoms in total. The van der Waals surface area contributed by atoms with E-state index in [1.54, 1.807) is 13.8 Å². The molecule has 1 heterocycles. The van der Waals surface area contributed by atoms with Crippen LogP contribution in [0.2, 0.25) is 0 Å². The molecule has 0 aliphatic heterocycles. The molecule has 0 unspecified atom stereocenters. The molecule has 0 saturated heterocycles. The molecule has 1 aromatic carbocycles. The zero-order chi connectivity index (χ0) is 14.3. The number of aliphatic hydroxyl groups is 1. The van der Waals surface area contributed by atoms with E-state index in [2.05, 4.69) is 24.0 Å². The van der Waals surface area contributed by atoms with Crippen LogP contribution in [0.25, 0.3) is 10.9 Å². The van der Waals surface area contributed by atoms with Crippen molar-refractivity contribution in [3.63, 3.8) is 0 Å². The number of aryl methyl sites for hydroxylation is 1. The van der Waals surface area contributed by atoms with Crippen molar-refractivity contribution in [2.75, 3.05) is 0 Å². The second kappa shape index (κ2) is 4.69. The summed E-state index contributed by atoms with van der Waals surface area (Å²) in [7, 11) is 0.470. The van der Waals surface area contributed by atoms with Gasteiger partial charge in [0, 0.05) is 16.5 Å². The first kappa shape index (κ1) is 14.2. The molecule has 2 rings (SSSR count). The van der Waals surface area contributed by atoms with Crippen LogP contribution in [-0.2, 0) is 4.65 Å². The summed E-state index contributed by atoms with van der Waals surface area (Å²) in [6, 6.07) is 8.22. The standard InChI is InChI=1S/C15H22BNO2/c1-10-11-8-6-7-9-12(11)17-13(10)16-19-15(4,5)14(2,3)18/h6-9,16-18H,1-5H3. The van der Waals surface area contributed by atoms with Crippen molar-refractivity contribution in [2.45, 2.75) is 45.8 Å². The van der Waals surface area contributed by atoms with Gasteiger partial charge >= 0.3 is 7.48 Å². The summed E-state index contributed by atoms with van der Waals surface area (Å²) in [6.45, 7) is 9.45. The first-order valence-electron chi connectivity index (χ1n) is 6.65. The predicted molar refractivity (Wildman–Crippen MR) is 81.3 cm³/mol. The highest BCUT2D eigenvalue weighted by atomic mass is 16.5. The van der Waals surface area contributed by atoms with Crippen molar-refractivity contribution in [1.82, 2.24) is 4.98 Å². The minimum atomic E-state index is -0.882. The lowest BCUT2D eigenvalue weighted by atomic mass is 9.84. The molecule has 0 aliphatic carbocycles. The topological polar surface area (TPSA) is 45.2 Å². The average molecular weight is 259 g/mol. The molecule has 19 heavy (non-hydrogen) atoms. The molecule has 1 aromatic heterocycles. The van der Waals surface area contributed by atoms with Gasteiger partial charge in [-0.1, -0.05) is 18.2 Å². The molecule has 0 spiro atoms. The molecule has 0 aliphatic rings. The van der Waals surface area contributed by atoms with E-state index in [1.165, 1.54) is 10.9 Å². The van der Waals surface area contributed by atoms with Crippen LogP contribution >= 0.6 is 0 Å². The zero-order valence-corrected chi connectivity index (χ0v) is 12.4. The Bertz CT molecular complexity index is 581. The predicted octanol–water partition coefficient (Wildman–Crippen LogP) is 2.02. The highest BCUT2D eigenvalue weighted by Crippen LogP contribution is 2.24. The number of aromatic nitrogens is 1. The summed E-state index contributed by atoms with van der Waals surface area (Å²) in [5.74, 6) is 0. The third-order valence-corrected chi connectivity index (χ3v) is 4.12. The van der Waals surface area contributed by atoms with Crippen LogP contribution in [0.3, 0.4) is 0 Å². The Morgan fingerprint density at radius 2 is 1.79 bits per heavy atom. The first-order chi connectivity index (χ1) is 8.72. The smallest absolute Gasteiger partial charge is 0.326 e. The van der Waals surface area contributed by atoms with Crippen molar-refractivity contribution in [3.05, 3.63) is 29.8 Å². The molecule has 102 valence electrons. The van der Waals surface area contributed by atoms with Crippen LogP contribution in [0.15, 0.2) is 24.3 Å². The van der Waals surface area contributed by atoms with Crippen molar-refractivity contribution < 1.29 is 9.76 Å². The number of para-hydroxylation sites is 1. The monoisotopic (exact) mass is 259 g/mol. The van der Waals surface area contributed by atoms with Gasteiger partial charge in [-0.2, -0.15) is 0 Å². The lowest BCUT2D eigenvalue weighted by Gasteiger charge is -2.37. The third-order valence-electron chi connectivity index (χ3n) is 4.12. The fourth-order valence-corrected chi connectivity index (χ4v) is 1.91. The van der Waals surface area contributed by atoms with Crippen molar-refractivity contribution >= 4 is 24.0 Å². The van der Waals surface area contributed by atoms with Gasteiger partial charge in [-0.3, -0.25) is 0 Å². The fraction of sp³-hybridized carbons (Fsp3) is 0.467. The van der Waals surface area contributed by atoms with Crippen LogP contribution in [0.5, 0.6) is 0 Å². The number of hydrogen-bond donors (Lipinski definition) is 2. The first-order valence-corrected chi connectivity index (χ1v) is 6.65. The number of fused-ring (bicyclic) bond motifs is 1. The van der Waals surface area contributed by atoms with Crippen molar-refractivity contribution in [3.8, 4) is 0 Å². The molecule has 2 N–H and O–H groups in total. The Balaban J connectivity index is 2.21. The SMILES string of the molecule is Cc1c(BOC(C)(C)C(C)(C)O)[nH]c2ccccc12. The van der Waals surface area contributed by atoms with E-state index in [0.29, 0.717) is 7.48 Å². The third kappa shape index (κ3) is 2.70. The van der Waals surface area contributed by atoms with Gasteiger partial charge in [-0.05, 0) is 46.2 Å². The number of aromatic amines is 1. The number of nitrogens with one attached hydrogen (secondary N) is 1. The lowest BCUT2D eigenvalue weighted by molar-refractivity contribution is -0.0893. The lowest BCUT2D eigenvalue weighted by Crippen LogP contribution is -2.49. The summed E-state index contributed by atoms with van der Waals surface area (Å²) in [5.41, 5.74) is 1.92. The Morgan fingerprint density at radius 1 is 1.16 bits per heavy atom. The molecule has 0 saturated carbocycles. The van der Waals surface area contributed by atoms with Crippen molar-refractivity contribution in [2.24, 2.45) is 0 Å². The number of rotatable bonds is 4. The van der Waals surface area contributed by atoms with Gasteiger partial charge in [0.05, 0.1) is 11.2 Å². The molecule has 0 fully saturated rings. The van der Waals surface area contributed by atoms with Gasteiger partial charge < -0.3 is 14.7 Å². The Morgan fingerprint density at radius 3 is 2.37 bits per heavy atom. The normalized spacial score (nSPS) is 12.9. The molecule has 0 bridgehead atoms. The molecular weight excluding hydrogens is 237 g/mol. The van der Waals surface area contributed by atoms with Crippen LogP contribution in [0, 0.1) is 6.92 Å². The molecule has 0 radical (unpaired) electrons. The van der Waals surface area contributed by atoms with E-state index in [-0.39, 0.29) is 0 Å². The maximum absolute atomic E-state index is 10.1. The zero-order valence-electron chi connectivity index (χ0n) is 12.4. The van der Waals surface area contributed by atoms with E-state index in [1.807, 2.05) is 26.0 Å². The molecule has 0 amide bonds. The number of H-pyrrole nitrogens is 1. The molecule has 0 atom stereocenters. The van der Waals surface area contributed by atoms with E-state index in [0.717, 1.165) is 11.1 Å². The number of benzene rings is 1. The highest BCUT2D eigenvalue weighted by Gasteiger charge is 2.35. The number of hydrogen-bond acceptors (Lipinski definition) is 2. The van der Waals surface area contributed by atoms with E-state index in [9.17, 15) is 5.11 Å². The molecular formula is C15H22BNO2. The second-order valence-corrected chi connectivity index (χ2v) is 6.13. The summed E-state index contributed by atoms with van der Waals surface area (Å²) in [5, 5.41) is 11.3. The average Bonchev–Trinajstić information content (AvgIpc) is 2.63. The summed E-state index contributed by atoms with van der Waals surface area (Å²) < 4.78 is 5.91. The quantitative estimate of drug-likeness (QED) is 0.825. The highest BCUT2D eigenvalue weighted by molar-refractivity contribution is 6.47. The molecule has 2 aromatic rings. The Labute approximate surface area is 115 Å².